The number of piperidine rings is 1. The summed E-state index contributed by atoms with van der Waals surface area (Å²) in [7, 11) is -3.48. The number of thiazole rings is 1. The Balaban J connectivity index is 1.84. The van der Waals surface area contributed by atoms with E-state index in [0.29, 0.717) is 31.1 Å². The molecule has 1 aromatic heterocycles. The van der Waals surface area contributed by atoms with Crippen LogP contribution < -0.4 is 10.6 Å². The number of hydrogen-bond acceptors (Lipinski definition) is 6. The number of rotatable bonds is 3. The first-order valence-electron chi connectivity index (χ1n) is 7.63. The van der Waals surface area contributed by atoms with Gasteiger partial charge in [-0.2, -0.15) is 0 Å². The van der Waals surface area contributed by atoms with Crippen molar-refractivity contribution in [1.29, 1.82) is 0 Å². The molecule has 1 saturated heterocycles. The average molecular weight is 343 g/mol. The van der Waals surface area contributed by atoms with Crippen molar-refractivity contribution < 1.29 is 13.2 Å². The van der Waals surface area contributed by atoms with Gasteiger partial charge < -0.3 is 10.6 Å². The summed E-state index contributed by atoms with van der Waals surface area (Å²) in [4.78, 5) is 18.4. The number of amides is 1. The summed E-state index contributed by atoms with van der Waals surface area (Å²) in [5.74, 6) is -0.428. The van der Waals surface area contributed by atoms with E-state index in [1.54, 1.807) is 0 Å². The first-order chi connectivity index (χ1) is 10.4. The standard InChI is InChI=1S/C14H21N3O3S2/c1-22(19,20)14(6-8-15-9-7-14)12(18)17-13-16-10-4-2-3-5-11(10)21-13/h15H,2-9H2,1H3,(H,16,17,18). The summed E-state index contributed by atoms with van der Waals surface area (Å²) in [6, 6.07) is 0. The monoisotopic (exact) mass is 343 g/mol. The van der Waals surface area contributed by atoms with E-state index in [1.165, 1.54) is 16.2 Å². The maximum absolute atomic E-state index is 12.7. The van der Waals surface area contributed by atoms with Crippen molar-refractivity contribution in [3.05, 3.63) is 10.6 Å². The van der Waals surface area contributed by atoms with Crippen molar-refractivity contribution in [2.24, 2.45) is 0 Å². The highest BCUT2D eigenvalue weighted by Gasteiger charge is 2.48. The van der Waals surface area contributed by atoms with E-state index in [9.17, 15) is 13.2 Å². The fourth-order valence-electron chi connectivity index (χ4n) is 3.21. The van der Waals surface area contributed by atoms with Crippen LogP contribution in [0.4, 0.5) is 5.13 Å². The molecule has 1 aliphatic heterocycles. The van der Waals surface area contributed by atoms with E-state index in [0.717, 1.165) is 37.6 Å². The molecule has 0 atom stereocenters. The average Bonchev–Trinajstić information content (AvgIpc) is 2.89. The zero-order chi connectivity index (χ0) is 15.8. The van der Waals surface area contributed by atoms with Gasteiger partial charge in [0.05, 0.1) is 5.69 Å². The van der Waals surface area contributed by atoms with Gasteiger partial charge in [-0.3, -0.25) is 4.79 Å². The maximum Gasteiger partial charge on any atom is 0.247 e. The molecule has 22 heavy (non-hydrogen) atoms. The Morgan fingerprint density at radius 2 is 1.95 bits per heavy atom. The summed E-state index contributed by atoms with van der Waals surface area (Å²) in [6.07, 6.45) is 6.01. The number of sulfone groups is 1. The number of aryl methyl sites for hydroxylation is 2. The Bertz CT molecular complexity index is 652. The lowest BCUT2D eigenvalue weighted by Gasteiger charge is -2.33. The topological polar surface area (TPSA) is 88.2 Å². The molecule has 1 aliphatic carbocycles. The Morgan fingerprint density at radius 3 is 2.59 bits per heavy atom. The van der Waals surface area contributed by atoms with E-state index < -0.39 is 20.5 Å². The van der Waals surface area contributed by atoms with E-state index in [-0.39, 0.29) is 0 Å². The first-order valence-corrected chi connectivity index (χ1v) is 10.3. The molecule has 0 radical (unpaired) electrons. The Kier molecular flexibility index (Phi) is 4.26. The van der Waals surface area contributed by atoms with Crippen LogP contribution in [0, 0.1) is 0 Å². The van der Waals surface area contributed by atoms with Crippen LogP contribution in [0.1, 0.15) is 36.3 Å². The van der Waals surface area contributed by atoms with Crippen LogP contribution in [0.3, 0.4) is 0 Å². The van der Waals surface area contributed by atoms with Gasteiger partial charge in [-0.1, -0.05) is 0 Å². The molecule has 2 aliphatic rings. The molecule has 0 aromatic carbocycles. The first kappa shape index (κ1) is 15.9. The fourth-order valence-corrected chi connectivity index (χ4v) is 5.59. The van der Waals surface area contributed by atoms with Crippen molar-refractivity contribution in [2.75, 3.05) is 24.7 Å². The minimum atomic E-state index is -3.48. The largest absolute Gasteiger partial charge is 0.317 e. The Morgan fingerprint density at radius 1 is 1.27 bits per heavy atom. The SMILES string of the molecule is CS(=O)(=O)C1(C(=O)Nc2nc3c(s2)CCCC3)CCNCC1. The third kappa shape index (κ3) is 2.79. The van der Waals surface area contributed by atoms with E-state index in [2.05, 4.69) is 15.6 Å². The molecule has 1 fully saturated rings. The van der Waals surface area contributed by atoms with Gasteiger partial charge in [0.25, 0.3) is 0 Å². The molecule has 3 rings (SSSR count). The van der Waals surface area contributed by atoms with Gasteiger partial charge in [0, 0.05) is 11.1 Å². The fraction of sp³-hybridized carbons (Fsp3) is 0.714. The molecule has 1 amide bonds. The third-order valence-corrected chi connectivity index (χ3v) is 7.69. The second kappa shape index (κ2) is 5.90. The molecule has 6 nitrogen and oxygen atoms in total. The highest BCUT2D eigenvalue weighted by Crippen LogP contribution is 2.33. The molecule has 122 valence electrons. The number of nitrogens with one attached hydrogen (secondary N) is 2. The van der Waals surface area contributed by atoms with Crippen LogP contribution in [-0.2, 0) is 27.5 Å². The van der Waals surface area contributed by atoms with Gasteiger partial charge in [-0.25, -0.2) is 13.4 Å². The van der Waals surface area contributed by atoms with Crippen molar-refractivity contribution >= 4 is 32.2 Å². The highest BCUT2D eigenvalue weighted by molar-refractivity contribution is 7.92. The maximum atomic E-state index is 12.7. The normalized spacial score (nSPS) is 21.1. The third-order valence-electron chi connectivity index (χ3n) is 4.60. The summed E-state index contributed by atoms with van der Waals surface area (Å²) < 4.78 is 23.1. The van der Waals surface area contributed by atoms with Crippen molar-refractivity contribution in [1.82, 2.24) is 10.3 Å². The molecule has 1 aromatic rings. The number of carbonyl (C=O) groups is 1. The van der Waals surface area contributed by atoms with Crippen LogP contribution in [0.2, 0.25) is 0 Å². The lowest BCUT2D eigenvalue weighted by molar-refractivity contribution is -0.119. The molecule has 2 N–H and O–H groups in total. The Hall–Kier alpha value is -0.990. The molecule has 0 unspecified atom stereocenters. The summed E-state index contributed by atoms with van der Waals surface area (Å²) in [5, 5.41) is 6.43. The number of aromatic nitrogens is 1. The molecule has 0 bridgehead atoms. The molecule has 0 spiro atoms. The second-order valence-electron chi connectivity index (χ2n) is 6.07. The smallest absolute Gasteiger partial charge is 0.247 e. The van der Waals surface area contributed by atoms with Crippen molar-refractivity contribution in [3.63, 3.8) is 0 Å². The highest BCUT2D eigenvalue weighted by atomic mass is 32.2. The number of carbonyl (C=O) groups excluding carboxylic acids is 1. The number of hydrogen-bond donors (Lipinski definition) is 2. The van der Waals surface area contributed by atoms with Gasteiger partial charge >= 0.3 is 0 Å². The molecule has 2 heterocycles. The number of anilines is 1. The van der Waals surface area contributed by atoms with Crippen LogP contribution in [0.5, 0.6) is 0 Å². The Labute approximate surface area is 134 Å². The predicted octanol–water partition coefficient (Wildman–Crippen LogP) is 1.13. The van der Waals surface area contributed by atoms with Gasteiger partial charge in [0.2, 0.25) is 5.91 Å². The summed E-state index contributed by atoms with van der Waals surface area (Å²) >= 11 is 1.48. The molecular formula is C14H21N3O3S2. The van der Waals surface area contributed by atoms with E-state index in [1.807, 2.05) is 0 Å². The van der Waals surface area contributed by atoms with Crippen LogP contribution in [0.15, 0.2) is 0 Å². The zero-order valence-electron chi connectivity index (χ0n) is 12.6. The lowest BCUT2D eigenvalue weighted by atomic mass is 9.96. The molecule has 0 saturated carbocycles. The number of nitrogens with zero attached hydrogens (tertiary/aromatic N) is 1. The van der Waals surface area contributed by atoms with Gasteiger partial charge in [0.15, 0.2) is 19.7 Å². The van der Waals surface area contributed by atoms with Crippen LogP contribution in [-0.4, -0.2) is 43.4 Å². The zero-order valence-corrected chi connectivity index (χ0v) is 14.3. The van der Waals surface area contributed by atoms with Crippen LogP contribution in [0.25, 0.3) is 0 Å². The predicted molar refractivity (Wildman–Crippen MR) is 87.1 cm³/mol. The van der Waals surface area contributed by atoms with Crippen molar-refractivity contribution in [2.45, 2.75) is 43.3 Å². The summed E-state index contributed by atoms with van der Waals surface area (Å²) in [6.45, 7) is 1.07. The van der Waals surface area contributed by atoms with Crippen molar-refractivity contribution in [3.8, 4) is 0 Å². The van der Waals surface area contributed by atoms with E-state index in [4.69, 9.17) is 0 Å². The number of fused-ring (bicyclic) bond motifs is 1. The minimum Gasteiger partial charge on any atom is -0.317 e. The molecule has 8 heteroatoms. The lowest BCUT2D eigenvalue weighted by Crippen LogP contribution is -2.55. The quantitative estimate of drug-likeness (QED) is 0.859. The molecular weight excluding hydrogens is 322 g/mol. The van der Waals surface area contributed by atoms with Gasteiger partial charge in [-0.05, 0) is 51.6 Å². The van der Waals surface area contributed by atoms with Crippen LogP contribution >= 0.6 is 11.3 Å². The minimum absolute atomic E-state index is 0.308. The van der Waals surface area contributed by atoms with Gasteiger partial charge in [-0.15, -0.1) is 11.3 Å². The van der Waals surface area contributed by atoms with Gasteiger partial charge in [0.1, 0.15) is 0 Å². The second-order valence-corrected chi connectivity index (χ2v) is 9.48. The van der Waals surface area contributed by atoms with E-state index >= 15 is 0 Å². The summed E-state index contributed by atoms with van der Waals surface area (Å²) in [5.41, 5.74) is 1.06.